The van der Waals surface area contributed by atoms with Gasteiger partial charge in [-0.1, -0.05) is 12.1 Å². The van der Waals surface area contributed by atoms with Crippen molar-refractivity contribution in [1.29, 1.82) is 0 Å². The van der Waals surface area contributed by atoms with Crippen molar-refractivity contribution in [3.05, 3.63) is 82.6 Å². The number of benzene rings is 3. The summed E-state index contributed by atoms with van der Waals surface area (Å²) >= 11 is 0. The number of carbonyl (C=O) groups is 1. The van der Waals surface area contributed by atoms with E-state index < -0.39 is 38.3 Å². The molecule has 4 aromatic rings. The molecule has 2 aliphatic rings. The third kappa shape index (κ3) is 4.25. The van der Waals surface area contributed by atoms with Gasteiger partial charge < -0.3 is 13.9 Å². The van der Waals surface area contributed by atoms with Gasteiger partial charge in [0.25, 0.3) is 0 Å². The van der Waals surface area contributed by atoms with Crippen LogP contribution in [0.5, 0.6) is 11.5 Å². The maximum atomic E-state index is 13.9. The summed E-state index contributed by atoms with van der Waals surface area (Å²) in [6, 6.07) is 9.41. The van der Waals surface area contributed by atoms with Gasteiger partial charge in [0.05, 0.1) is 36.6 Å². The van der Waals surface area contributed by atoms with Crippen LogP contribution >= 0.6 is 0 Å². The number of hydrazone groups is 1. The van der Waals surface area contributed by atoms with Gasteiger partial charge in [-0.2, -0.15) is 5.10 Å². The molecule has 9 nitrogen and oxygen atoms in total. The second-order valence-electron chi connectivity index (χ2n) is 9.89. The number of Topliss-reactive ketones (excluding diaryl/α,β-unsaturated/α-hetero) is 1. The summed E-state index contributed by atoms with van der Waals surface area (Å²) < 4.78 is 71.6. The van der Waals surface area contributed by atoms with Crippen molar-refractivity contribution in [3.63, 3.8) is 0 Å². The molecule has 3 heterocycles. The van der Waals surface area contributed by atoms with Gasteiger partial charge in [-0.25, -0.2) is 17.2 Å². The normalized spacial score (nSPS) is 19.2. The van der Waals surface area contributed by atoms with E-state index in [4.69, 9.17) is 13.9 Å². The maximum absolute atomic E-state index is 13.9. The number of rotatable bonds is 5. The second-order valence-corrected chi connectivity index (χ2v) is 11.7. The zero-order valence-corrected chi connectivity index (χ0v) is 23.1. The average molecular weight is 582 g/mol. The highest BCUT2D eigenvalue weighted by Crippen LogP contribution is 2.44. The van der Waals surface area contributed by atoms with Gasteiger partial charge in [0, 0.05) is 24.0 Å². The van der Waals surface area contributed by atoms with Gasteiger partial charge in [-0.3, -0.25) is 15.1 Å². The number of sulfone groups is 1. The van der Waals surface area contributed by atoms with Crippen LogP contribution in [-0.2, 0) is 22.7 Å². The number of hydrogen-bond donors (Lipinski definition) is 1. The first-order chi connectivity index (χ1) is 19.6. The Morgan fingerprint density at radius 1 is 1.02 bits per heavy atom. The number of ketones is 1. The largest absolute Gasteiger partial charge is 0.496 e. The molecule has 41 heavy (non-hydrogen) atoms. The van der Waals surface area contributed by atoms with E-state index in [-0.39, 0.29) is 21.9 Å². The van der Waals surface area contributed by atoms with Crippen LogP contribution in [0.15, 0.2) is 63.1 Å². The zero-order chi connectivity index (χ0) is 29.1. The number of nitrogens with one attached hydrogen (secondary N) is 1. The van der Waals surface area contributed by atoms with E-state index >= 15 is 0 Å². The molecule has 0 radical (unpaired) electrons. The summed E-state index contributed by atoms with van der Waals surface area (Å²) in [5, 5.41) is 4.02. The van der Waals surface area contributed by atoms with Crippen molar-refractivity contribution in [2.24, 2.45) is 5.10 Å². The number of ether oxygens (including phenoxy) is 2. The van der Waals surface area contributed by atoms with Gasteiger partial charge in [-0.15, -0.1) is 0 Å². The lowest BCUT2D eigenvalue weighted by Gasteiger charge is -2.31. The SMILES string of the molecule is COc1ccc(C2Cc3ccc(OC)c4occ(c34)CCN2C)c2c1C(=O)/C(=N/Nc1ccc(F)c(F)c1)S2(=O)=O. The van der Waals surface area contributed by atoms with Crippen LogP contribution < -0.4 is 14.9 Å². The van der Waals surface area contributed by atoms with Crippen LogP contribution in [0.4, 0.5) is 14.5 Å². The smallest absolute Gasteiger partial charge is 0.230 e. The first kappa shape index (κ1) is 26.9. The lowest BCUT2D eigenvalue weighted by atomic mass is 9.90. The lowest BCUT2D eigenvalue weighted by molar-refractivity contribution is 0.106. The van der Waals surface area contributed by atoms with Crippen molar-refractivity contribution >= 4 is 37.3 Å². The van der Waals surface area contributed by atoms with E-state index in [1.807, 2.05) is 24.1 Å². The monoisotopic (exact) mass is 581 g/mol. The summed E-state index contributed by atoms with van der Waals surface area (Å²) in [5.74, 6) is -2.38. The Morgan fingerprint density at radius 2 is 1.78 bits per heavy atom. The second kappa shape index (κ2) is 9.96. The Kier molecular flexibility index (Phi) is 6.54. The van der Waals surface area contributed by atoms with Gasteiger partial charge in [0.15, 0.2) is 23.0 Å². The molecule has 0 saturated heterocycles. The Hall–Kier alpha value is -4.29. The molecule has 1 atom stereocenters. The maximum Gasteiger partial charge on any atom is 0.230 e. The number of likely N-dealkylation sites (N-methyl/N-ethyl adjacent to an activating group) is 1. The Labute approximate surface area is 234 Å². The zero-order valence-electron chi connectivity index (χ0n) is 22.3. The van der Waals surface area contributed by atoms with E-state index in [0.29, 0.717) is 36.3 Å². The molecule has 1 aromatic heterocycles. The molecule has 0 aliphatic carbocycles. The lowest BCUT2D eigenvalue weighted by Crippen LogP contribution is -2.31. The van der Waals surface area contributed by atoms with Crippen LogP contribution in [0.1, 0.15) is 33.1 Å². The fraction of sp³-hybridized carbons (Fsp3) is 0.241. The van der Waals surface area contributed by atoms with Gasteiger partial charge >= 0.3 is 0 Å². The average Bonchev–Trinajstić information content (AvgIpc) is 3.46. The Bertz CT molecular complexity index is 1870. The topological polar surface area (TPSA) is 110 Å². The standard InChI is InChI=1S/C29H25F2N3O6S/c1-34-11-10-16-14-40-27-23(39-3)8-4-15(24(16)27)12-21(34)18-6-9-22(38-2)25-26(35)29(41(36,37)28(18)25)33-32-17-5-7-19(30)20(31)13-17/h4-9,13-14,21,32H,10-12H2,1-3H3/b33-29-. The van der Waals surface area contributed by atoms with Crippen molar-refractivity contribution in [3.8, 4) is 11.5 Å². The van der Waals surface area contributed by atoms with Crippen molar-refractivity contribution < 1.29 is 35.9 Å². The number of nitrogens with zero attached hydrogens (tertiary/aromatic N) is 2. The van der Waals surface area contributed by atoms with E-state index in [9.17, 15) is 22.0 Å². The number of methoxy groups -OCH3 is 2. The number of anilines is 1. The molecule has 3 aromatic carbocycles. The predicted octanol–water partition coefficient (Wildman–Crippen LogP) is 4.90. The minimum absolute atomic E-state index is 0.0262. The molecule has 6 rings (SSSR count). The summed E-state index contributed by atoms with van der Waals surface area (Å²) in [6.07, 6.45) is 2.79. The fourth-order valence-corrected chi connectivity index (χ4v) is 7.26. The number of fused-ring (bicyclic) bond motifs is 1. The number of hydrogen-bond acceptors (Lipinski definition) is 9. The van der Waals surface area contributed by atoms with Crippen LogP contribution in [0.2, 0.25) is 0 Å². The molecule has 212 valence electrons. The van der Waals surface area contributed by atoms with Gasteiger partial charge in [0.1, 0.15) is 5.75 Å². The molecule has 1 N–H and O–H groups in total. The highest BCUT2D eigenvalue weighted by Gasteiger charge is 2.47. The number of carbonyl (C=O) groups excluding carboxylic acids is 1. The Balaban J connectivity index is 1.47. The molecular weight excluding hydrogens is 556 g/mol. The third-order valence-electron chi connectivity index (χ3n) is 7.63. The van der Waals surface area contributed by atoms with E-state index in [1.54, 1.807) is 25.5 Å². The summed E-state index contributed by atoms with van der Waals surface area (Å²) in [5.41, 5.74) is 5.26. The molecule has 0 saturated carbocycles. The molecule has 12 heteroatoms. The molecule has 0 fully saturated rings. The third-order valence-corrected chi connectivity index (χ3v) is 9.39. The predicted molar refractivity (Wildman–Crippen MR) is 147 cm³/mol. The summed E-state index contributed by atoms with van der Waals surface area (Å²) in [7, 11) is 0.390. The van der Waals surface area contributed by atoms with E-state index in [2.05, 4.69) is 10.5 Å². The molecular formula is C29H25F2N3O6S. The van der Waals surface area contributed by atoms with E-state index in [0.717, 1.165) is 28.6 Å². The van der Waals surface area contributed by atoms with E-state index in [1.165, 1.54) is 13.2 Å². The highest BCUT2D eigenvalue weighted by molar-refractivity contribution is 8.09. The molecule has 2 aliphatic heterocycles. The number of halogens is 2. The van der Waals surface area contributed by atoms with Gasteiger partial charge in [-0.05, 0) is 60.8 Å². The number of furan rings is 1. The first-order valence-electron chi connectivity index (χ1n) is 12.7. The minimum atomic E-state index is -4.43. The minimum Gasteiger partial charge on any atom is -0.496 e. The molecule has 0 bridgehead atoms. The van der Waals surface area contributed by atoms with Crippen LogP contribution in [0, 0.1) is 11.6 Å². The molecule has 0 spiro atoms. The summed E-state index contributed by atoms with van der Waals surface area (Å²) in [4.78, 5) is 15.4. The van der Waals surface area contributed by atoms with Crippen molar-refractivity contribution in [2.75, 3.05) is 33.2 Å². The van der Waals surface area contributed by atoms with Crippen LogP contribution in [0.3, 0.4) is 0 Å². The van der Waals surface area contributed by atoms with Crippen molar-refractivity contribution in [2.45, 2.75) is 23.8 Å². The molecule has 0 amide bonds. The van der Waals surface area contributed by atoms with Gasteiger partial charge in [0.2, 0.25) is 20.7 Å². The summed E-state index contributed by atoms with van der Waals surface area (Å²) in [6.45, 7) is 0.587. The van der Waals surface area contributed by atoms with Crippen LogP contribution in [-0.4, -0.2) is 52.0 Å². The fourth-order valence-electron chi connectivity index (χ4n) is 5.58. The quantitative estimate of drug-likeness (QED) is 0.332. The Morgan fingerprint density at radius 3 is 2.51 bits per heavy atom. The first-order valence-corrected chi connectivity index (χ1v) is 14.2. The van der Waals surface area contributed by atoms with Crippen molar-refractivity contribution in [1.82, 2.24) is 4.90 Å². The molecule has 1 unspecified atom stereocenters. The highest BCUT2D eigenvalue weighted by atomic mass is 32.2. The van der Waals surface area contributed by atoms with Crippen LogP contribution in [0.25, 0.3) is 11.0 Å².